The van der Waals surface area contributed by atoms with E-state index in [1.165, 1.54) is 9.13 Å². The molecule has 0 spiro atoms. The van der Waals surface area contributed by atoms with Crippen molar-refractivity contribution < 1.29 is 39.5 Å². The van der Waals surface area contributed by atoms with E-state index in [1.807, 2.05) is 0 Å². The molecule has 0 fully saturated rings. The highest BCUT2D eigenvalue weighted by Crippen LogP contribution is 2.47. The Kier molecular flexibility index (Phi) is 7.32. The molecule has 0 radical (unpaired) electrons. The van der Waals surface area contributed by atoms with E-state index in [0.29, 0.717) is 36.8 Å². The van der Waals surface area contributed by atoms with Crippen molar-refractivity contribution in [2.24, 2.45) is 11.8 Å². The van der Waals surface area contributed by atoms with E-state index in [0.717, 1.165) is 36.1 Å². The Morgan fingerprint density at radius 3 is 1.44 bits per heavy atom. The summed E-state index contributed by atoms with van der Waals surface area (Å²) in [5.41, 5.74) is 2.85. The molecule has 36 heavy (non-hydrogen) atoms. The van der Waals surface area contributed by atoms with Crippen molar-refractivity contribution in [3.05, 3.63) is 47.6 Å². The van der Waals surface area contributed by atoms with Crippen LogP contribution in [0.15, 0.2) is 25.3 Å². The van der Waals surface area contributed by atoms with Crippen LogP contribution in [0.2, 0.25) is 0 Å². The lowest BCUT2D eigenvalue weighted by molar-refractivity contribution is -0.138. The van der Waals surface area contributed by atoms with E-state index < -0.39 is 11.9 Å². The molecule has 0 saturated carbocycles. The van der Waals surface area contributed by atoms with Crippen LogP contribution in [0.3, 0.4) is 0 Å². The number of rotatable bonds is 9. The zero-order chi connectivity index (χ0) is 26.0. The van der Waals surface area contributed by atoms with Gasteiger partial charge in [-0.15, -0.1) is 0 Å². The summed E-state index contributed by atoms with van der Waals surface area (Å²) in [7, 11) is 0. The summed E-state index contributed by atoms with van der Waals surface area (Å²) in [5, 5.41) is 42.9. The Hall–Kier alpha value is -3.82. The van der Waals surface area contributed by atoms with Crippen molar-refractivity contribution in [1.29, 1.82) is 0 Å². The van der Waals surface area contributed by atoms with E-state index >= 15 is 0 Å². The van der Waals surface area contributed by atoms with Crippen molar-refractivity contribution in [3.8, 4) is 23.5 Å². The van der Waals surface area contributed by atoms with Gasteiger partial charge in [-0.05, 0) is 50.4 Å². The molecule has 2 unspecified atom stereocenters. The van der Waals surface area contributed by atoms with Crippen LogP contribution < -0.4 is 0 Å². The fourth-order valence-corrected chi connectivity index (χ4v) is 5.56. The molecule has 0 aliphatic heterocycles. The van der Waals surface area contributed by atoms with E-state index in [1.54, 1.807) is 0 Å². The Labute approximate surface area is 208 Å². The van der Waals surface area contributed by atoms with Gasteiger partial charge in [-0.1, -0.05) is 13.2 Å². The largest absolute Gasteiger partial charge is 0.494 e. The molecule has 0 amide bonds. The van der Waals surface area contributed by atoms with Crippen LogP contribution in [0.4, 0.5) is 0 Å². The number of ether oxygens (including phenoxy) is 2. The molecule has 2 aliphatic carbocycles. The first-order chi connectivity index (χ1) is 17.3. The third-order valence-corrected chi connectivity index (χ3v) is 7.41. The molecule has 10 nitrogen and oxygen atoms in total. The maximum Gasteiger partial charge on any atom is 0.330 e. The second-order valence-corrected chi connectivity index (χ2v) is 9.26. The second kappa shape index (κ2) is 10.4. The molecule has 0 aromatic carbocycles. The SMILES string of the molecule is C=CC(=O)OCCn1c(O)c2c(c1O)CC(C1CCc3c(c(O)n(CCOC(=O)C=C)c3O)C1)CC2. The number of aromatic nitrogens is 2. The second-order valence-electron chi connectivity index (χ2n) is 9.26. The van der Waals surface area contributed by atoms with Gasteiger partial charge >= 0.3 is 11.9 Å². The third kappa shape index (κ3) is 4.67. The predicted octanol–water partition coefficient (Wildman–Crippen LogP) is 2.48. The quantitative estimate of drug-likeness (QED) is 0.304. The molecule has 4 rings (SSSR count). The first kappa shape index (κ1) is 25.3. The van der Waals surface area contributed by atoms with Crippen molar-refractivity contribution >= 4 is 11.9 Å². The summed E-state index contributed by atoms with van der Waals surface area (Å²) in [6.45, 7) is 6.95. The molecule has 2 aliphatic rings. The van der Waals surface area contributed by atoms with E-state index in [4.69, 9.17) is 9.47 Å². The number of hydrogen-bond donors (Lipinski definition) is 4. The molecular formula is C26H32N2O8. The van der Waals surface area contributed by atoms with Crippen LogP contribution in [-0.4, -0.2) is 54.7 Å². The number of esters is 2. The summed E-state index contributed by atoms with van der Waals surface area (Å²) in [6.07, 6.45) is 6.14. The normalized spacial score (nSPS) is 18.7. The van der Waals surface area contributed by atoms with Gasteiger partial charge in [-0.2, -0.15) is 0 Å². The zero-order valence-corrected chi connectivity index (χ0v) is 20.1. The number of fused-ring (bicyclic) bond motifs is 2. The minimum absolute atomic E-state index is 0.000906. The fourth-order valence-electron chi connectivity index (χ4n) is 5.56. The maximum atomic E-state index is 11.3. The molecule has 0 bridgehead atoms. The molecule has 4 N–H and O–H groups in total. The van der Waals surface area contributed by atoms with Gasteiger partial charge in [-0.25, -0.2) is 9.59 Å². The average molecular weight is 501 g/mol. The van der Waals surface area contributed by atoms with Crippen LogP contribution in [0, 0.1) is 11.8 Å². The van der Waals surface area contributed by atoms with Crippen LogP contribution in [-0.2, 0) is 57.8 Å². The molecule has 2 aromatic rings. The molecule has 194 valence electrons. The highest BCUT2D eigenvalue weighted by Gasteiger charge is 2.36. The van der Waals surface area contributed by atoms with Gasteiger partial charge in [0.1, 0.15) is 13.2 Å². The maximum absolute atomic E-state index is 11.3. The summed E-state index contributed by atoms with van der Waals surface area (Å²) in [6, 6.07) is 0. The molecule has 2 heterocycles. The topological polar surface area (TPSA) is 143 Å². The predicted molar refractivity (Wildman–Crippen MR) is 129 cm³/mol. The van der Waals surface area contributed by atoms with Crippen molar-refractivity contribution in [2.75, 3.05) is 13.2 Å². The standard InChI is InChI=1S/C26H32N2O8/c1-3-21(29)35-11-9-27-23(31)17-7-5-15(13-19(17)25(27)33)16-6-8-18-20(14-16)26(34)28(24(18)32)10-12-36-22(30)4-2/h3-4,15-16,31-34H,1-2,5-14H2. The highest BCUT2D eigenvalue weighted by atomic mass is 16.5. The Morgan fingerprint density at radius 1 is 0.722 bits per heavy atom. The minimum Gasteiger partial charge on any atom is -0.494 e. The number of aromatic hydroxyl groups is 4. The van der Waals surface area contributed by atoms with Gasteiger partial charge < -0.3 is 29.9 Å². The molecule has 2 atom stereocenters. The first-order valence-electron chi connectivity index (χ1n) is 12.1. The molecule has 2 aromatic heterocycles. The monoisotopic (exact) mass is 500 g/mol. The molecular weight excluding hydrogens is 468 g/mol. The zero-order valence-electron chi connectivity index (χ0n) is 20.1. The van der Waals surface area contributed by atoms with Gasteiger partial charge in [0.05, 0.1) is 13.1 Å². The van der Waals surface area contributed by atoms with Gasteiger partial charge in [0.15, 0.2) is 23.5 Å². The summed E-state index contributed by atoms with van der Waals surface area (Å²) in [4.78, 5) is 22.6. The highest BCUT2D eigenvalue weighted by molar-refractivity contribution is 5.81. The number of nitrogens with zero attached hydrogens (tertiary/aromatic N) is 2. The Morgan fingerprint density at radius 2 is 1.08 bits per heavy atom. The van der Waals surface area contributed by atoms with Crippen molar-refractivity contribution in [1.82, 2.24) is 9.13 Å². The van der Waals surface area contributed by atoms with Crippen LogP contribution >= 0.6 is 0 Å². The smallest absolute Gasteiger partial charge is 0.330 e. The first-order valence-corrected chi connectivity index (χ1v) is 12.1. The van der Waals surface area contributed by atoms with Gasteiger partial charge in [0.2, 0.25) is 0 Å². The number of hydrogen-bond acceptors (Lipinski definition) is 8. The number of carbonyl (C=O) groups is 2. The van der Waals surface area contributed by atoms with Crippen molar-refractivity contribution in [2.45, 2.75) is 51.6 Å². The van der Waals surface area contributed by atoms with E-state index in [9.17, 15) is 30.0 Å². The van der Waals surface area contributed by atoms with Crippen LogP contribution in [0.5, 0.6) is 23.5 Å². The average Bonchev–Trinajstić information content (AvgIpc) is 3.27. The summed E-state index contributed by atoms with van der Waals surface area (Å²) >= 11 is 0. The number of carbonyl (C=O) groups excluding carboxylic acids is 2. The van der Waals surface area contributed by atoms with Gasteiger partial charge in [0, 0.05) is 34.4 Å². The van der Waals surface area contributed by atoms with Crippen molar-refractivity contribution in [3.63, 3.8) is 0 Å². The van der Waals surface area contributed by atoms with Gasteiger partial charge in [-0.3, -0.25) is 9.13 Å². The molecule has 0 saturated heterocycles. The lowest BCUT2D eigenvalue weighted by atomic mass is 9.71. The summed E-state index contributed by atoms with van der Waals surface area (Å²) < 4.78 is 12.7. The lowest BCUT2D eigenvalue weighted by Crippen LogP contribution is -2.26. The lowest BCUT2D eigenvalue weighted by Gasteiger charge is -2.33. The fraction of sp³-hybridized carbons (Fsp3) is 0.462. The van der Waals surface area contributed by atoms with E-state index in [-0.39, 0.29) is 61.7 Å². The minimum atomic E-state index is -0.566. The van der Waals surface area contributed by atoms with Crippen LogP contribution in [0.1, 0.15) is 35.1 Å². The van der Waals surface area contributed by atoms with Gasteiger partial charge in [0.25, 0.3) is 0 Å². The third-order valence-electron chi connectivity index (χ3n) is 7.41. The summed E-state index contributed by atoms with van der Waals surface area (Å²) in [5.74, 6) is -0.713. The Bertz CT molecular complexity index is 1100. The van der Waals surface area contributed by atoms with Crippen LogP contribution in [0.25, 0.3) is 0 Å². The van der Waals surface area contributed by atoms with E-state index in [2.05, 4.69) is 13.2 Å². The molecule has 10 heteroatoms. The Balaban J connectivity index is 1.45.